The number of benzene rings is 1. The van der Waals surface area contributed by atoms with E-state index in [4.69, 9.17) is 11.6 Å². The minimum absolute atomic E-state index is 0.301. The third-order valence-electron chi connectivity index (χ3n) is 2.89. The average molecular weight is 273 g/mol. The van der Waals surface area contributed by atoms with Crippen molar-refractivity contribution in [3.05, 3.63) is 42.0 Å². The quantitative estimate of drug-likeness (QED) is 0.245. The molecule has 0 saturated carbocycles. The van der Waals surface area contributed by atoms with E-state index in [0.29, 0.717) is 17.7 Å². The Morgan fingerprint density at radius 2 is 2.05 bits per heavy atom. The molecule has 0 aliphatic heterocycles. The van der Waals surface area contributed by atoms with Gasteiger partial charge < -0.3 is 5.73 Å². The van der Waals surface area contributed by atoms with Crippen LogP contribution in [0.25, 0.3) is 0 Å². The minimum atomic E-state index is -4.39. The van der Waals surface area contributed by atoms with E-state index in [2.05, 4.69) is 12.0 Å². The topological polar surface area (TPSA) is 64.1 Å². The van der Waals surface area contributed by atoms with Gasteiger partial charge in [0.05, 0.1) is 5.56 Å². The third kappa shape index (κ3) is 4.25. The van der Waals surface area contributed by atoms with Crippen molar-refractivity contribution >= 4 is 5.69 Å². The van der Waals surface area contributed by atoms with Gasteiger partial charge in [0.25, 0.3) is 0 Å². The Morgan fingerprint density at radius 3 is 2.58 bits per heavy atom. The van der Waals surface area contributed by atoms with Crippen LogP contribution in [0.5, 0.6) is 0 Å². The average Bonchev–Trinajstić information content (AvgIpc) is 2.34. The first-order chi connectivity index (χ1) is 8.90. The Labute approximate surface area is 110 Å². The molecule has 0 spiro atoms. The van der Waals surface area contributed by atoms with Crippen molar-refractivity contribution in [3.8, 4) is 0 Å². The maximum absolute atomic E-state index is 12.7. The molecule has 0 fully saturated rings. The lowest BCUT2D eigenvalue weighted by Gasteiger charge is -2.19. The summed E-state index contributed by atoms with van der Waals surface area (Å²) >= 11 is 0. The van der Waals surface area contributed by atoms with Gasteiger partial charge in [-0.1, -0.05) is 6.08 Å². The number of nitrogens with two attached hydrogens (primary N) is 2. The summed E-state index contributed by atoms with van der Waals surface area (Å²) in [6, 6.07) is 2.88. The molecule has 0 aliphatic carbocycles. The van der Waals surface area contributed by atoms with Crippen molar-refractivity contribution in [2.24, 2.45) is 5.84 Å². The summed E-state index contributed by atoms with van der Waals surface area (Å²) in [5.74, 6) is 5.40. The number of halogens is 3. The van der Waals surface area contributed by atoms with Crippen molar-refractivity contribution in [1.82, 2.24) is 5.43 Å². The number of nitrogen functional groups attached to an aromatic ring is 1. The fraction of sp³-hybridized carbons (Fsp3) is 0.385. The summed E-state index contributed by atoms with van der Waals surface area (Å²) in [6.07, 6.45) is -0.495. The van der Waals surface area contributed by atoms with Crippen LogP contribution >= 0.6 is 0 Å². The molecule has 3 nitrogen and oxygen atoms in total. The lowest BCUT2D eigenvalue weighted by atomic mass is 9.97. The highest BCUT2D eigenvalue weighted by Crippen LogP contribution is 2.34. The second-order valence-electron chi connectivity index (χ2n) is 4.28. The van der Waals surface area contributed by atoms with Crippen LogP contribution in [0.15, 0.2) is 30.9 Å². The van der Waals surface area contributed by atoms with Crippen LogP contribution in [-0.2, 0) is 6.18 Å². The Bertz CT molecular complexity index is 430. The zero-order valence-electron chi connectivity index (χ0n) is 10.5. The second-order valence-corrected chi connectivity index (χ2v) is 4.28. The van der Waals surface area contributed by atoms with Crippen molar-refractivity contribution in [2.45, 2.75) is 31.5 Å². The van der Waals surface area contributed by atoms with Gasteiger partial charge in [-0.25, -0.2) is 0 Å². The first-order valence-electron chi connectivity index (χ1n) is 5.93. The van der Waals surface area contributed by atoms with Crippen LogP contribution in [0.1, 0.15) is 36.4 Å². The number of hydrazine groups is 1. The molecular formula is C13H18F3N3. The molecule has 1 aromatic carbocycles. The number of hydrogen-bond acceptors (Lipinski definition) is 3. The van der Waals surface area contributed by atoms with Crippen molar-refractivity contribution < 1.29 is 13.2 Å². The monoisotopic (exact) mass is 273 g/mol. The summed E-state index contributed by atoms with van der Waals surface area (Å²) in [5, 5.41) is 0. The molecule has 6 heteroatoms. The van der Waals surface area contributed by atoms with E-state index in [1.54, 1.807) is 6.08 Å². The van der Waals surface area contributed by atoms with Crippen molar-refractivity contribution in [1.29, 1.82) is 0 Å². The molecule has 1 rings (SSSR count). The van der Waals surface area contributed by atoms with Crippen LogP contribution in [0.4, 0.5) is 18.9 Å². The Balaban J connectivity index is 2.98. The first-order valence-corrected chi connectivity index (χ1v) is 5.93. The normalized spacial score (nSPS) is 13.3. The van der Waals surface area contributed by atoms with Crippen LogP contribution in [0.2, 0.25) is 0 Å². The first kappa shape index (κ1) is 15.5. The lowest BCUT2D eigenvalue weighted by Crippen LogP contribution is -2.29. The number of rotatable bonds is 6. The smallest absolute Gasteiger partial charge is 0.398 e. The second kappa shape index (κ2) is 6.58. The maximum atomic E-state index is 12.7. The minimum Gasteiger partial charge on any atom is -0.398 e. The van der Waals surface area contributed by atoms with Crippen LogP contribution < -0.4 is 17.0 Å². The van der Waals surface area contributed by atoms with E-state index in [0.717, 1.165) is 25.0 Å². The molecule has 19 heavy (non-hydrogen) atoms. The van der Waals surface area contributed by atoms with Gasteiger partial charge >= 0.3 is 6.18 Å². The number of unbranched alkanes of at least 4 members (excludes halogenated alkanes) is 1. The van der Waals surface area contributed by atoms with Gasteiger partial charge in [-0.3, -0.25) is 11.3 Å². The maximum Gasteiger partial charge on any atom is 0.416 e. The number of anilines is 1. The molecule has 1 aromatic rings. The van der Waals surface area contributed by atoms with E-state index < -0.39 is 17.8 Å². The molecular weight excluding hydrogens is 255 g/mol. The number of nitrogens with one attached hydrogen (secondary N) is 1. The van der Waals surface area contributed by atoms with Crippen molar-refractivity contribution in [3.63, 3.8) is 0 Å². The molecule has 1 unspecified atom stereocenters. The van der Waals surface area contributed by atoms with Gasteiger partial charge in [-0.15, -0.1) is 6.58 Å². The standard InChI is InChI=1S/C13H18F3N3/c1-2-3-4-5-12(19-18)10-8-9(13(14,15)16)6-7-11(10)17/h2,6-8,12,19H,1,3-5,17-18H2. The van der Waals surface area contributed by atoms with Gasteiger partial charge in [-0.2, -0.15) is 13.2 Å². The highest BCUT2D eigenvalue weighted by molar-refractivity contribution is 5.50. The fourth-order valence-electron chi connectivity index (χ4n) is 1.85. The zero-order valence-corrected chi connectivity index (χ0v) is 10.5. The van der Waals surface area contributed by atoms with Gasteiger partial charge in [0.1, 0.15) is 0 Å². The van der Waals surface area contributed by atoms with Gasteiger partial charge in [-0.05, 0) is 43.0 Å². The van der Waals surface area contributed by atoms with E-state index in [-0.39, 0.29) is 0 Å². The highest BCUT2D eigenvalue weighted by Gasteiger charge is 2.31. The van der Waals surface area contributed by atoms with Crippen molar-refractivity contribution in [2.75, 3.05) is 5.73 Å². The molecule has 0 saturated heterocycles. The molecule has 0 aromatic heterocycles. The van der Waals surface area contributed by atoms with Crippen LogP contribution in [-0.4, -0.2) is 0 Å². The summed E-state index contributed by atoms with van der Waals surface area (Å²) < 4.78 is 38.0. The molecule has 106 valence electrons. The Hall–Kier alpha value is -1.53. The summed E-state index contributed by atoms with van der Waals surface area (Å²) in [7, 11) is 0. The number of hydrogen-bond donors (Lipinski definition) is 3. The Morgan fingerprint density at radius 1 is 1.37 bits per heavy atom. The molecule has 5 N–H and O–H groups in total. The number of allylic oxidation sites excluding steroid dienone is 1. The Kier molecular flexibility index (Phi) is 5.38. The van der Waals surface area contributed by atoms with Gasteiger partial charge in [0.15, 0.2) is 0 Å². The van der Waals surface area contributed by atoms with Crippen LogP contribution in [0, 0.1) is 0 Å². The van der Waals surface area contributed by atoms with E-state index >= 15 is 0 Å². The van der Waals surface area contributed by atoms with Gasteiger partial charge in [0.2, 0.25) is 0 Å². The molecule has 0 radical (unpaired) electrons. The highest BCUT2D eigenvalue weighted by atomic mass is 19.4. The summed E-state index contributed by atoms with van der Waals surface area (Å²) in [6.45, 7) is 3.59. The fourth-order valence-corrected chi connectivity index (χ4v) is 1.85. The SMILES string of the molecule is C=CCCCC(NN)c1cc(C(F)(F)F)ccc1N. The van der Waals surface area contributed by atoms with E-state index in [1.807, 2.05) is 0 Å². The molecule has 0 amide bonds. The molecule has 1 atom stereocenters. The lowest BCUT2D eigenvalue weighted by molar-refractivity contribution is -0.137. The van der Waals surface area contributed by atoms with Gasteiger partial charge in [0, 0.05) is 11.7 Å². The predicted molar refractivity (Wildman–Crippen MR) is 70.0 cm³/mol. The van der Waals surface area contributed by atoms with E-state index in [9.17, 15) is 13.2 Å². The van der Waals surface area contributed by atoms with E-state index in [1.165, 1.54) is 6.07 Å². The van der Waals surface area contributed by atoms with Crippen LogP contribution in [0.3, 0.4) is 0 Å². The molecule has 0 aliphatic rings. The molecule has 0 bridgehead atoms. The third-order valence-corrected chi connectivity index (χ3v) is 2.89. The zero-order chi connectivity index (χ0) is 14.5. The summed E-state index contributed by atoms with van der Waals surface area (Å²) in [4.78, 5) is 0. The number of alkyl halides is 3. The summed E-state index contributed by atoms with van der Waals surface area (Å²) in [5.41, 5.74) is 8.20. The molecule has 0 heterocycles. The largest absolute Gasteiger partial charge is 0.416 e. The predicted octanol–water partition coefficient (Wildman–Crippen LogP) is 3.15.